The number of rotatable bonds is 5. The third-order valence-corrected chi connectivity index (χ3v) is 4.66. The zero-order valence-electron chi connectivity index (χ0n) is 13.9. The minimum absolute atomic E-state index is 0.123. The molecule has 8 heteroatoms. The Balaban J connectivity index is 1.88. The van der Waals surface area contributed by atoms with E-state index in [0.29, 0.717) is 11.3 Å². The molecule has 0 bridgehead atoms. The minimum atomic E-state index is -4.58. The van der Waals surface area contributed by atoms with Crippen LogP contribution in [-0.2, 0) is 11.0 Å². The number of halogens is 3. The van der Waals surface area contributed by atoms with Crippen molar-refractivity contribution >= 4 is 23.4 Å². The van der Waals surface area contributed by atoms with Gasteiger partial charge in [-0.15, -0.1) is 0 Å². The summed E-state index contributed by atoms with van der Waals surface area (Å²) < 4.78 is 38.7. The van der Waals surface area contributed by atoms with Crippen LogP contribution in [0.3, 0.4) is 0 Å². The van der Waals surface area contributed by atoms with E-state index in [2.05, 4.69) is 15.3 Å². The fourth-order valence-corrected chi connectivity index (χ4v) is 3.23. The molecule has 1 N–H and O–H groups in total. The summed E-state index contributed by atoms with van der Waals surface area (Å²) in [6.07, 6.45) is -3.54. The molecule has 1 atom stereocenters. The Labute approximate surface area is 157 Å². The van der Waals surface area contributed by atoms with Crippen molar-refractivity contribution in [3.05, 3.63) is 84.2 Å². The van der Waals surface area contributed by atoms with Gasteiger partial charge in [-0.25, -0.2) is 9.97 Å². The minimum Gasteiger partial charge on any atom is -0.325 e. The van der Waals surface area contributed by atoms with Crippen molar-refractivity contribution in [1.29, 1.82) is 0 Å². The second-order valence-corrected chi connectivity index (χ2v) is 6.56. The molecule has 0 radical (unpaired) electrons. The topological polar surface area (TPSA) is 54.9 Å². The number of thioether (sulfide) groups is 1. The molecule has 0 saturated carbocycles. The van der Waals surface area contributed by atoms with Crippen molar-refractivity contribution in [2.45, 2.75) is 16.6 Å². The van der Waals surface area contributed by atoms with E-state index in [1.165, 1.54) is 0 Å². The van der Waals surface area contributed by atoms with Gasteiger partial charge in [-0.1, -0.05) is 60.3 Å². The maximum atomic E-state index is 12.9. The van der Waals surface area contributed by atoms with Crippen LogP contribution < -0.4 is 5.32 Å². The highest BCUT2D eigenvalue weighted by molar-refractivity contribution is 8.00. The monoisotopic (exact) mass is 389 g/mol. The molecule has 27 heavy (non-hydrogen) atoms. The first-order valence-corrected chi connectivity index (χ1v) is 8.79. The average Bonchev–Trinajstić information content (AvgIpc) is 2.67. The Morgan fingerprint density at radius 2 is 1.59 bits per heavy atom. The Morgan fingerprint density at radius 3 is 2.22 bits per heavy atom. The fraction of sp³-hybridized carbons (Fsp3) is 0.105. The summed E-state index contributed by atoms with van der Waals surface area (Å²) in [5, 5.41) is 1.83. The Hall–Kier alpha value is -2.87. The number of nitrogens with zero attached hydrogens (tertiary/aromatic N) is 2. The van der Waals surface area contributed by atoms with E-state index in [1.54, 1.807) is 54.6 Å². The van der Waals surface area contributed by atoms with Crippen molar-refractivity contribution in [2.24, 2.45) is 0 Å². The van der Waals surface area contributed by atoms with Crippen molar-refractivity contribution in [2.75, 3.05) is 5.32 Å². The number of hydrogen-bond acceptors (Lipinski definition) is 4. The van der Waals surface area contributed by atoms with E-state index in [0.717, 1.165) is 24.0 Å². The van der Waals surface area contributed by atoms with Gasteiger partial charge < -0.3 is 5.32 Å². The molecule has 0 aliphatic heterocycles. The van der Waals surface area contributed by atoms with Crippen LogP contribution >= 0.6 is 11.8 Å². The predicted molar refractivity (Wildman–Crippen MR) is 97.1 cm³/mol. The van der Waals surface area contributed by atoms with Crippen LogP contribution in [0.5, 0.6) is 0 Å². The first-order chi connectivity index (χ1) is 12.9. The molecule has 0 aliphatic rings. The molecule has 0 aliphatic carbocycles. The lowest BCUT2D eigenvalue weighted by atomic mass is 10.1. The number of hydrogen-bond donors (Lipinski definition) is 1. The van der Waals surface area contributed by atoms with Gasteiger partial charge in [0.2, 0.25) is 5.91 Å². The summed E-state index contributed by atoms with van der Waals surface area (Å²) in [5.74, 6) is -0.376. The Bertz CT molecular complexity index is 905. The van der Waals surface area contributed by atoms with Crippen LogP contribution in [0.4, 0.5) is 18.9 Å². The standard InChI is InChI=1S/C19H14F3N3OS/c20-19(21,22)15-11-12-23-18(25-15)27-16(13-7-3-1-4-8-13)17(26)24-14-9-5-2-6-10-14/h1-12,16H,(H,24,26)/t16-/m1/s1. The van der Waals surface area contributed by atoms with Crippen molar-refractivity contribution < 1.29 is 18.0 Å². The maximum Gasteiger partial charge on any atom is 0.433 e. The largest absolute Gasteiger partial charge is 0.433 e. The first-order valence-electron chi connectivity index (χ1n) is 7.91. The molecule has 0 fully saturated rings. The van der Waals surface area contributed by atoms with Crippen molar-refractivity contribution in [3.8, 4) is 0 Å². The average molecular weight is 389 g/mol. The molecule has 2 aromatic carbocycles. The fourth-order valence-electron chi connectivity index (χ4n) is 2.29. The maximum absolute atomic E-state index is 12.9. The van der Waals surface area contributed by atoms with E-state index < -0.39 is 17.1 Å². The number of benzene rings is 2. The molecule has 1 aromatic heterocycles. The summed E-state index contributed by atoms with van der Waals surface area (Å²) >= 11 is 0.865. The van der Waals surface area contributed by atoms with Gasteiger partial charge in [0.25, 0.3) is 0 Å². The summed E-state index contributed by atoms with van der Waals surface area (Å²) in [4.78, 5) is 20.2. The lowest BCUT2D eigenvalue weighted by Gasteiger charge is -2.16. The molecule has 3 aromatic rings. The second-order valence-electron chi connectivity index (χ2n) is 5.49. The third kappa shape index (κ3) is 5.07. The first kappa shape index (κ1) is 18.9. The number of anilines is 1. The zero-order chi connectivity index (χ0) is 19.3. The Kier molecular flexibility index (Phi) is 5.75. The van der Waals surface area contributed by atoms with Gasteiger partial charge in [0, 0.05) is 11.9 Å². The zero-order valence-corrected chi connectivity index (χ0v) is 14.7. The van der Waals surface area contributed by atoms with Crippen LogP contribution in [0.2, 0.25) is 0 Å². The van der Waals surface area contributed by atoms with Gasteiger partial charge in [-0.05, 0) is 23.8 Å². The number of para-hydroxylation sites is 1. The molecular weight excluding hydrogens is 375 g/mol. The van der Waals surface area contributed by atoms with Gasteiger partial charge in [0.15, 0.2) is 5.16 Å². The molecule has 4 nitrogen and oxygen atoms in total. The summed E-state index contributed by atoms with van der Waals surface area (Å²) in [6, 6.07) is 18.4. The number of alkyl halides is 3. The highest BCUT2D eigenvalue weighted by atomic mass is 32.2. The van der Waals surface area contributed by atoms with E-state index in [1.807, 2.05) is 6.07 Å². The predicted octanol–water partition coefficient (Wildman–Crippen LogP) is 4.97. The van der Waals surface area contributed by atoms with Crippen LogP contribution in [0, 0.1) is 0 Å². The van der Waals surface area contributed by atoms with Gasteiger partial charge in [-0.3, -0.25) is 4.79 Å². The molecular formula is C19H14F3N3OS. The molecule has 1 amide bonds. The van der Waals surface area contributed by atoms with Crippen LogP contribution in [0.25, 0.3) is 0 Å². The number of nitrogens with one attached hydrogen (secondary N) is 1. The summed E-state index contributed by atoms with van der Waals surface area (Å²) in [5.41, 5.74) is 0.182. The normalized spacial score (nSPS) is 12.4. The van der Waals surface area contributed by atoms with E-state index in [9.17, 15) is 18.0 Å². The summed E-state index contributed by atoms with van der Waals surface area (Å²) in [6.45, 7) is 0. The smallest absolute Gasteiger partial charge is 0.325 e. The van der Waals surface area contributed by atoms with Crippen LogP contribution in [0.15, 0.2) is 78.1 Å². The van der Waals surface area contributed by atoms with E-state index >= 15 is 0 Å². The van der Waals surface area contributed by atoms with Gasteiger partial charge in [0.1, 0.15) is 10.9 Å². The quantitative estimate of drug-likeness (QED) is 0.495. The number of amides is 1. The number of aromatic nitrogens is 2. The lowest BCUT2D eigenvalue weighted by molar-refractivity contribution is -0.141. The number of carbonyl (C=O) groups is 1. The number of carbonyl (C=O) groups excluding carboxylic acids is 1. The van der Waals surface area contributed by atoms with Crippen molar-refractivity contribution in [1.82, 2.24) is 9.97 Å². The SMILES string of the molecule is O=C(Nc1ccccc1)[C@H](Sc1nccc(C(F)(F)F)n1)c1ccccc1. The molecule has 3 rings (SSSR count). The molecule has 0 spiro atoms. The van der Waals surface area contributed by atoms with E-state index in [-0.39, 0.29) is 11.1 Å². The highest BCUT2D eigenvalue weighted by Crippen LogP contribution is 2.36. The van der Waals surface area contributed by atoms with Crippen LogP contribution in [-0.4, -0.2) is 15.9 Å². The summed E-state index contributed by atoms with van der Waals surface area (Å²) in [7, 11) is 0. The van der Waals surface area contributed by atoms with Gasteiger partial charge in [0.05, 0.1) is 0 Å². The van der Waals surface area contributed by atoms with Gasteiger partial charge in [-0.2, -0.15) is 13.2 Å². The molecule has 138 valence electrons. The second kappa shape index (κ2) is 8.22. The third-order valence-electron chi connectivity index (χ3n) is 3.53. The van der Waals surface area contributed by atoms with Crippen molar-refractivity contribution in [3.63, 3.8) is 0 Å². The van der Waals surface area contributed by atoms with Gasteiger partial charge >= 0.3 is 6.18 Å². The highest BCUT2D eigenvalue weighted by Gasteiger charge is 2.33. The van der Waals surface area contributed by atoms with E-state index in [4.69, 9.17) is 0 Å². The molecule has 0 saturated heterocycles. The van der Waals surface area contributed by atoms with Crippen LogP contribution in [0.1, 0.15) is 16.5 Å². The Morgan fingerprint density at radius 1 is 0.963 bits per heavy atom. The lowest BCUT2D eigenvalue weighted by Crippen LogP contribution is -2.19. The molecule has 0 unspecified atom stereocenters. The molecule has 1 heterocycles.